The van der Waals surface area contributed by atoms with Gasteiger partial charge in [0.25, 0.3) is 0 Å². The minimum absolute atomic E-state index is 0.363. The molecule has 0 radical (unpaired) electrons. The molecule has 2 rings (SSSR count). The number of rotatable bonds is 4. The van der Waals surface area contributed by atoms with Crippen molar-refractivity contribution < 1.29 is 9.84 Å². The van der Waals surface area contributed by atoms with Crippen molar-refractivity contribution in [1.82, 2.24) is 5.32 Å². The normalized spacial score (nSPS) is 18.9. The van der Waals surface area contributed by atoms with Gasteiger partial charge in [0, 0.05) is 0 Å². The van der Waals surface area contributed by atoms with Crippen LogP contribution in [0.3, 0.4) is 0 Å². The number of aliphatic hydroxyl groups is 1. The van der Waals surface area contributed by atoms with Gasteiger partial charge in [0.1, 0.15) is 5.75 Å². The zero-order valence-corrected chi connectivity index (χ0v) is 10.4. The lowest BCUT2D eigenvalue weighted by Gasteiger charge is -2.27. The van der Waals surface area contributed by atoms with Gasteiger partial charge >= 0.3 is 0 Å². The van der Waals surface area contributed by atoms with Crippen LogP contribution in [0.4, 0.5) is 0 Å². The number of nitrogens with one attached hydrogen (secondary N) is 1. The van der Waals surface area contributed by atoms with E-state index in [0.29, 0.717) is 12.5 Å². The van der Waals surface area contributed by atoms with E-state index in [9.17, 15) is 5.11 Å². The fraction of sp³-hybridized carbons (Fsp3) is 0.571. The lowest BCUT2D eigenvalue weighted by molar-refractivity contribution is 0.0887. The molecule has 0 spiro atoms. The van der Waals surface area contributed by atoms with Gasteiger partial charge in [-0.25, -0.2) is 0 Å². The van der Waals surface area contributed by atoms with Crippen LogP contribution in [0.25, 0.3) is 0 Å². The standard InChI is InChI=1S/C14H21NO2/c1-2-17-13-5-3-4-12(10-13)14(16)11-6-8-15-9-7-11/h3-5,10-11,14-16H,2,6-9H2,1H3. The Kier molecular flexibility index (Phi) is 4.40. The Morgan fingerprint density at radius 2 is 2.18 bits per heavy atom. The Morgan fingerprint density at radius 3 is 2.88 bits per heavy atom. The number of benzene rings is 1. The highest BCUT2D eigenvalue weighted by Gasteiger charge is 2.22. The summed E-state index contributed by atoms with van der Waals surface area (Å²) in [4.78, 5) is 0. The Bertz CT molecular complexity index is 348. The molecule has 0 saturated carbocycles. The largest absolute Gasteiger partial charge is 0.494 e. The van der Waals surface area contributed by atoms with Gasteiger partial charge in [-0.2, -0.15) is 0 Å². The first-order valence-electron chi connectivity index (χ1n) is 6.43. The molecule has 3 nitrogen and oxygen atoms in total. The summed E-state index contributed by atoms with van der Waals surface area (Å²) in [5, 5.41) is 13.7. The predicted octanol–water partition coefficient (Wildman–Crippen LogP) is 2.12. The van der Waals surface area contributed by atoms with Crippen molar-refractivity contribution in [3.63, 3.8) is 0 Å². The summed E-state index contributed by atoms with van der Waals surface area (Å²) < 4.78 is 5.46. The molecule has 1 aliphatic rings. The monoisotopic (exact) mass is 235 g/mol. The van der Waals surface area contributed by atoms with Crippen LogP contribution in [0.1, 0.15) is 31.4 Å². The Balaban J connectivity index is 2.06. The first-order chi connectivity index (χ1) is 8.31. The van der Waals surface area contributed by atoms with Crippen molar-refractivity contribution in [2.75, 3.05) is 19.7 Å². The summed E-state index contributed by atoms with van der Waals surface area (Å²) in [6.07, 6.45) is 1.72. The van der Waals surface area contributed by atoms with Crippen LogP contribution in [-0.2, 0) is 0 Å². The van der Waals surface area contributed by atoms with E-state index >= 15 is 0 Å². The quantitative estimate of drug-likeness (QED) is 0.840. The molecular formula is C14H21NO2. The molecule has 1 saturated heterocycles. The molecule has 0 amide bonds. The van der Waals surface area contributed by atoms with Gasteiger partial charge in [-0.3, -0.25) is 0 Å². The van der Waals surface area contributed by atoms with Gasteiger partial charge in [0.15, 0.2) is 0 Å². The lowest BCUT2D eigenvalue weighted by atomic mass is 9.88. The van der Waals surface area contributed by atoms with Crippen molar-refractivity contribution in [2.24, 2.45) is 5.92 Å². The Morgan fingerprint density at radius 1 is 1.41 bits per heavy atom. The van der Waals surface area contributed by atoms with E-state index in [2.05, 4.69) is 5.32 Å². The van der Waals surface area contributed by atoms with Crippen LogP contribution in [0, 0.1) is 5.92 Å². The fourth-order valence-corrected chi connectivity index (χ4v) is 2.39. The third kappa shape index (κ3) is 3.20. The number of hydrogen-bond acceptors (Lipinski definition) is 3. The van der Waals surface area contributed by atoms with Crippen LogP contribution < -0.4 is 10.1 Å². The van der Waals surface area contributed by atoms with Gasteiger partial charge in [-0.1, -0.05) is 12.1 Å². The topological polar surface area (TPSA) is 41.5 Å². The molecule has 0 aromatic heterocycles. The first-order valence-corrected chi connectivity index (χ1v) is 6.43. The molecule has 0 aliphatic carbocycles. The molecular weight excluding hydrogens is 214 g/mol. The summed E-state index contributed by atoms with van der Waals surface area (Å²) >= 11 is 0. The minimum Gasteiger partial charge on any atom is -0.494 e. The van der Waals surface area contributed by atoms with E-state index in [1.165, 1.54) is 0 Å². The first kappa shape index (κ1) is 12.4. The van der Waals surface area contributed by atoms with Crippen LogP contribution in [0.15, 0.2) is 24.3 Å². The highest BCUT2D eigenvalue weighted by atomic mass is 16.5. The average molecular weight is 235 g/mol. The second-order valence-corrected chi connectivity index (χ2v) is 4.54. The summed E-state index contributed by atoms with van der Waals surface area (Å²) in [6, 6.07) is 7.82. The molecule has 94 valence electrons. The fourth-order valence-electron chi connectivity index (χ4n) is 2.39. The van der Waals surface area contributed by atoms with Crippen molar-refractivity contribution >= 4 is 0 Å². The SMILES string of the molecule is CCOc1cccc(C(O)C2CCNCC2)c1. The lowest BCUT2D eigenvalue weighted by Crippen LogP contribution is -2.30. The molecule has 1 heterocycles. The van der Waals surface area contributed by atoms with Gasteiger partial charge in [-0.15, -0.1) is 0 Å². The molecule has 1 aromatic rings. The molecule has 1 fully saturated rings. The molecule has 1 atom stereocenters. The number of piperidine rings is 1. The highest BCUT2D eigenvalue weighted by molar-refractivity contribution is 5.30. The maximum Gasteiger partial charge on any atom is 0.119 e. The maximum absolute atomic E-state index is 10.4. The van der Waals surface area contributed by atoms with Gasteiger partial charge in [0.2, 0.25) is 0 Å². The molecule has 3 heteroatoms. The summed E-state index contributed by atoms with van der Waals surface area (Å²) in [5.41, 5.74) is 0.975. The molecule has 1 aliphatic heterocycles. The predicted molar refractivity (Wildman–Crippen MR) is 68.2 cm³/mol. The Hall–Kier alpha value is -1.06. The third-order valence-corrected chi connectivity index (χ3v) is 3.34. The average Bonchev–Trinajstić information content (AvgIpc) is 2.40. The van der Waals surface area contributed by atoms with E-state index < -0.39 is 0 Å². The summed E-state index contributed by atoms with van der Waals surface area (Å²) in [5.74, 6) is 1.21. The second-order valence-electron chi connectivity index (χ2n) is 4.54. The van der Waals surface area contributed by atoms with Gasteiger partial charge < -0.3 is 15.2 Å². The second kappa shape index (κ2) is 6.03. The van der Waals surface area contributed by atoms with E-state index in [0.717, 1.165) is 37.2 Å². The van der Waals surface area contributed by atoms with Gasteiger partial charge in [0.05, 0.1) is 12.7 Å². The van der Waals surface area contributed by atoms with Crippen LogP contribution in [0.5, 0.6) is 5.75 Å². The molecule has 0 bridgehead atoms. The maximum atomic E-state index is 10.4. The number of aliphatic hydroxyl groups excluding tert-OH is 1. The van der Waals surface area contributed by atoms with Crippen molar-refractivity contribution in [2.45, 2.75) is 25.9 Å². The Labute approximate surface area is 103 Å². The van der Waals surface area contributed by atoms with Crippen LogP contribution >= 0.6 is 0 Å². The van der Waals surface area contributed by atoms with E-state index in [1.807, 2.05) is 31.2 Å². The number of hydrogen-bond donors (Lipinski definition) is 2. The third-order valence-electron chi connectivity index (χ3n) is 3.34. The van der Waals surface area contributed by atoms with Crippen molar-refractivity contribution in [3.8, 4) is 5.75 Å². The van der Waals surface area contributed by atoms with Crippen molar-refractivity contribution in [3.05, 3.63) is 29.8 Å². The zero-order chi connectivity index (χ0) is 12.1. The van der Waals surface area contributed by atoms with Crippen LogP contribution in [0.2, 0.25) is 0 Å². The van der Waals surface area contributed by atoms with E-state index in [-0.39, 0.29) is 6.10 Å². The molecule has 2 N–H and O–H groups in total. The van der Waals surface area contributed by atoms with E-state index in [1.54, 1.807) is 0 Å². The van der Waals surface area contributed by atoms with E-state index in [4.69, 9.17) is 4.74 Å². The minimum atomic E-state index is -0.363. The van der Waals surface area contributed by atoms with Gasteiger partial charge in [-0.05, 0) is 56.5 Å². The summed E-state index contributed by atoms with van der Waals surface area (Å²) in [7, 11) is 0. The highest BCUT2D eigenvalue weighted by Crippen LogP contribution is 2.30. The summed E-state index contributed by atoms with van der Waals surface area (Å²) in [6.45, 7) is 4.64. The smallest absolute Gasteiger partial charge is 0.119 e. The molecule has 17 heavy (non-hydrogen) atoms. The van der Waals surface area contributed by atoms with Crippen molar-refractivity contribution in [1.29, 1.82) is 0 Å². The number of ether oxygens (including phenoxy) is 1. The van der Waals surface area contributed by atoms with Crippen LogP contribution in [-0.4, -0.2) is 24.8 Å². The molecule has 1 unspecified atom stereocenters. The molecule has 1 aromatic carbocycles. The zero-order valence-electron chi connectivity index (χ0n) is 10.4.